The van der Waals surface area contributed by atoms with Crippen molar-refractivity contribution in [3.63, 3.8) is 0 Å². The number of hydrogen-bond donors (Lipinski definition) is 0. The van der Waals surface area contributed by atoms with Crippen LogP contribution in [0.4, 0.5) is 0 Å². The van der Waals surface area contributed by atoms with E-state index in [2.05, 4.69) is 4.98 Å². The molecule has 7 heteroatoms. The molecule has 2 atom stereocenters. The highest BCUT2D eigenvalue weighted by Gasteiger charge is 2.46. The van der Waals surface area contributed by atoms with E-state index in [1.165, 1.54) is 11.3 Å². The monoisotopic (exact) mass is 373 g/mol. The summed E-state index contributed by atoms with van der Waals surface area (Å²) in [5.74, 6) is -0.443. The van der Waals surface area contributed by atoms with Crippen LogP contribution >= 0.6 is 22.9 Å². The molecule has 1 saturated carbocycles. The van der Waals surface area contributed by atoms with Crippen LogP contribution in [0.15, 0.2) is 27.8 Å². The van der Waals surface area contributed by atoms with Gasteiger partial charge >= 0.3 is 0 Å². The Balaban J connectivity index is 1.79. The standard InChI is InChI=1S/C18H16ClN3O2S/c19-17-16(22-7-8-25-18(22)21-17)15-13-9(3-1-5-11(13)23)20-10-4-2-6-12(24)14(10)15/h7-8,13,15H,1-6H2/t13?,15-/m1/s1. The van der Waals surface area contributed by atoms with E-state index in [0.717, 1.165) is 47.7 Å². The summed E-state index contributed by atoms with van der Waals surface area (Å²) < 4.78 is 1.94. The Bertz CT molecular complexity index is 984. The summed E-state index contributed by atoms with van der Waals surface area (Å²) in [7, 11) is 0. The zero-order valence-electron chi connectivity index (χ0n) is 13.5. The minimum absolute atomic E-state index is 0.105. The molecule has 0 spiro atoms. The number of allylic oxidation sites excluding steroid dienone is 2. The number of thiazole rings is 1. The van der Waals surface area contributed by atoms with Gasteiger partial charge in [-0.3, -0.25) is 19.0 Å². The van der Waals surface area contributed by atoms with Crippen molar-refractivity contribution in [2.24, 2.45) is 10.9 Å². The number of halogens is 1. The molecule has 0 aromatic carbocycles. The van der Waals surface area contributed by atoms with E-state index in [1.54, 1.807) is 0 Å². The summed E-state index contributed by atoms with van der Waals surface area (Å²) >= 11 is 7.99. The molecule has 25 heavy (non-hydrogen) atoms. The van der Waals surface area contributed by atoms with Crippen molar-refractivity contribution in [3.8, 4) is 0 Å². The van der Waals surface area contributed by atoms with Crippen molar-refractivity contribution < 1.29 is 9.59 Å². The average Bonchev–Trinajstić information content (AvgIpc) is 3.14. The van der Waals surface area contributed by atoms with E-state index in [4.69, 9.17) is 16.6 Å². The third-order valence-electron chi connectivity index (χ3n) is 5.46. The Labute approximate surface area is 153 Å². The van der Waals surface area contributed by atoms with Gasteiger partial charge in [-0.25, -0.2) is 4.98 Å². The second-order valence-electron chi connectivity index (χ2n) is 6.86. The van der Waals surface area contributed by atoms with Gasteiger partial charge in [-0.2, -0.15) is 0 Å². The number of ketones is 2. The van der Waals surface area contributed by atoms with E-state index in [1.807, 2.05) is 16.0 Å². The van der Waals surface area contributed by atoms with E-state index < -0.39 is 0 Å². The average molecular weight is 374 g/mol. The van der Waals surface area contributed by atoms with E-state index in [-0.39, 0.29) is 23.4 Å². The van der Waals surface area contributed by atoms with Crippen LogP contribution in [0.2, 0.25) is 5.15 Å². The van der Waals surface area contributed by atoms with Gasteiger partial charge in [-0.1, -0.05) is 11.6 Å². The largest absolute Gasteiger partial charge is 0.299 e. The molecule has 1 aliphatic heterocycles. The van der Waals surface area contributed by atoms with Crippen LogP contribution in [0.1, 0.15) is 50.1 Å². The third-order valence-corrected chi connectivity index (χ3v) is 6.50. The summed E-state index contributed by atoms with van der Waals surface area (Å²) in [4.78, 5) is 35.6. The van der Waals surface area contributed by atoms with Crippen LogP contribution in [0, 0.1) is 5.92 Å². The van der Waals surface area contributed by atoms with Crippen LogP contribution in [0.3, 0.4) is 0 Å². The number of nitrogens with zero attached hydrogens (tertiary/aromatic N) is 3. The van der Waals surface area contributed by atoms with E-state index in [9.17, 15) is 9.59 Å². The van der Waals surface area contributed by atoms with Gasteiger partial charge in [0.2, 0.25) is 0 Å². The molecule has 2 aromatic rings. The Kier molecular flexibility index (Phi) is 3.47. The predicted octanol–water partition coefficient (Wildman–Crippen LogP) is 3.96. The van der Waals surface area contributed by atoms with Gasteiger partial charge in [0.05, 0.1) is 11.6 Å². The Morgan fingerprint density at radius 1 is 1.12 bits per heavy atom. The molecule has 0 saturated heterocycles. The molecule has 128 valence electrons. The number of carbonyl (C=O) groups is 2. The number of aliphatic imine (C=N–C) groups is 1. The number of rotatable bonds is 1. The van der Waals surface area contributed by atoms with Gasteiger partial charge in [-0.15, -0.1) is 11.3 Å². The van der Waals surface area contributed by atoms with Gasteiger partial charge in [-0.05, 0) is 25.7 Å². The smallest absolute Gasteiger partial charge is 0.195 e. The van der Waals surface area contributed by atoms with Crippen molar-refractivity contribution in [1.29, 1.82) is 0 Å². The quantitative estimate of drug-likeness (QED) is 0.759. The summed E-state index contributed by atoms with van der Waals surface area (Å²) in [6.45, 7) is 0. The van der Waals surface area contributed by atoms with Crippen LogP contribution in [0.25, 0.3) is 4.96 Å². The van der Waals surface area contributed by atoms with Gasteiger partial charge < -0.3 is 0 Å². The van der Waals surface area contributed by atoms with Gasteiger partial charge in [0.15, 0.2) is 15.9 Å². The van der Waals surface area contributed by atoms with Crippen LogP contribution in [-0.4, -0.2) is 26.7 Å². The molecule has 0 amide bonds. The second kappa shape index (κ2) is 5.61. The fourth-order valence-corrected chi connectivity index (χ4v) is 5.51. The lowest BCUT2D eigenvalue weighted by Crippen LogP contribution is -2.40. The molecule has 2 aromatic heterocycles. The van der Waals surface area contributed by atoms with Crippen molar-refractivity contribution >= 4 is 45.2 Å². The van der Waals surface area contributed by atoms with Crippen molar-refractivity contribution in [2.75, 3.05) is 0 Å². The Hall–Kier alpha value is -1.79. The normalized spacial score (nSPS) is 26.7. The first-order valence-corrected chi connectivity index (χ1v) is 9.88. The van der Waals surface area contributed by atoms with Crippen molar-refractivity contribution in [1.82, 2.24) is 9.38 Å². The minimum atomic E-state index is -0.369. The van der Waals surface area contributed by atoms with Crippen LogP contribution in [0.5, 0.6) is 0 Å². The van der Waals surface area contributed by atoms with E-state index in [0.29, 0.717) is 23.6 Å². The number of carbonyl (C=O) groups excluding carboxylic acids is 2. The Morgan fingerprint density at radius 2 is 1.96 bits per heavy atom. The minimum Gasteiger partial charge on any atom is -0.299 e. The van der Waals surface area contributed by atoms with Gasteiger partial charge in [0, 0.05) is 47.3 Å². The molecule has 5 nitrogen and oxygen atoms in total. The van der Waals surface area contributed by atoms with Crippen molar-refractivity contribution in [3.05, 3.63) is 33.7 Å². The maximum Gasteiger partial charge on any atom is 0.195 e. The number of hydrogen-bond acceptors (Lipinski definition) is 5. The second-order valence-corrected chi connectivity index (χ2v) is 8.09. The maximum atomic E-state index is 12.8. The zero-order chi connectivity index (χ0) is 17.1. The highest BCUT2D eigenvalue weighted by molar-refractivity contribution is 7.15. The Morgan fingerprint density at radius 3 is 2.84 bits per heavy atom. The number of Topliss-reactive ketones (excluding diaryl/α,β-unsaturated/α-hetero) is 2. The van der Waals surface area contributed by atoms with Crippen molar-refractivity contribution in [2.45, 2.75) is 44.4 Å². The molecular weight excluding hydrogens is 358 g/mol. The summed E-state index contributed by atoms with van der Waals surface area (Å²) in [6.07, 6.45) is 6.26. The fraction of sp³-hybridized carbons (Fsp3) is 0.444. The first-order chi connectivity index (χ1) is 12.1. The van der Waals surface area contributed by atoms with Crippen LogP contribution < -0.4 is 0 Å². The van der Waals surface area contributed by atoms with E-state index >= 15 is 0 Å². The zero-order valence-corrected chi connectivity index (χ0v) is 15.1. The topological polar surface area (TPSA) is 63.8 Å². The molecule has 3 heterocycles. The SMILES string of the molecule is O=C1CCCC2=C1[C@H](c1c(Cl)nc3sccn13)C1C(=O)CCCC1=N2. The predicted molar refractivity (Wildman–Crippen MR) is 96.5 cm³/mol. The summed E-state index contributed by atoms with van der Waals surface area (Å²) in [6, 6.07) is 0. The number of aromatic nitrogens is 2. The highest BCUT2D eigenvalue weighted by atomic mass is 35.5. The number of imidazole rings is 1. The molecule has 1 fully saturated rings. The molecule has 1 unspecified atom stereocenters. The number of fused-ring (bicyclic) bond motifs is 2. The summed E-state index contributed by atoms with van der Waals surface area (Å²) in [5.41, 5.74) is 3.26. The lowest BCUT2D eigenvalue weighted by atomic mass is 9.68. The molecule has 0 radical (unpaired) electrons. The third kappa shape index (κ3) is 2.20. The molecule has 3 aliphatic rings. The maximum absolute atomic E-state index is 12.8. The first kappa shape index (κ1) is 15.5. The molecule has 2 aliphatic carbocycles. The summed E-state index contributed by atoms with van der Waals surface area (Å²) in [5, 5.41) is 2.34. The lowest BCUT2D eigenvalue weighted by molar-refractivity contribution is -0.122. The van der Waals surface area contributed by atoms with Gasteiger partial charge in [0.25, 0.3) is 0 Å². The molecular formula is C18H16ClN3O2S. The highest BCUT2D eigenvalue weighted by Crippen LogP contribution is 2.47. The van der Waals surface area contributed by atoms with Crippen LogP contribution in [-0.2, 0) is 9.59 Å². The van der Waals surface area contributed by atoms with Gasteiger partial charge in [0.1, 0.15) is 5.78 Å². The molecule has 0 bridgehead atoms. The lowest BCUT2D eigenvalue weighted by Gasteiger charge is -2.37. The fourth-order valence-electron chi connectivity index (χ4n) is 4.45. The molecule has 0 N–H and O–H groups in total. The molecule has 5 rings (SSSR count). The first-order valence-electron chi connectivity index (χ1n) is 8.62.